The molecule has 3 heterocycles. The molecule has 2 aliphatic heterocycles. The number of methoxy groups -OCH3 is 1. The predicted molar refractivity (Wildman–Crippen MR) is 144 cm³/mol. The van der Waals surface area contributed by atoms with Crippen LogP contribution in [0.5, 0.6) is 5.75 Å². The molecule has 194 valence electrons. The van der Waals surface area contributed by atoms with Crippen molar-refractivity contribution in [1.82, 2.24) is 19.4 Å². The van der Waals surface area contributed by atoms with E-state index in [0.717, 1.165) is 55.3 Å². The number of urea groups is 1. The fourth-order valence-corrected chi connectivity index (χ4v) is 5.54. The predicted octanol–water partition coefficient (Wildman–Crippen LogP) is 4.00. The molecule has 2 fully saturated rings. The Morgan fingerprint density at radius 1 is 0.946 bits per heavy atom. The first-order valence-corrected chi connectivity index (χ1v) is 13.5. The molecule has 0 atom stereocenters. The number of aromatic nitrogens is 2. The van der Waals surface area contributed by atoms with E-state index >= 15 is 0 Å². The van der Waals surface area contributed by atoms with E-state index < -0.39 is 0 Å². The Bertz CT molecular complexity index is 1190. The summed E-state index contributed by atoms with van der Waals surface area (Å²) in [5, 5.41) is 7.37. The van der Waals surface area contributed by atoms with E-state index in [4.69, 9.17) is 4.74 Å². The first-order chi connectivity index (χ1) is 18.1. The minimum Gasteiger partial charge on any atom is -0.497 e. The molecule has 0 aliphatic carbocycles. The Morgan fingerprint density at radius 2 is 1.65 bits per heavy atom. The van der Waals surface area contributed by atoms with Crippen molar-refractivity contribution in [2.75, 3.05) is 56.6 Å². The zero-order valence-electron chi connectivity index (χ0n) is 21.0. The SMILES string of the molecule is COc1ccc(N2CCN(C(=O)Nc3snnc3C(=O)N3CCC(Cc4ccccc4)CC3)CC2)cc1. The van der Waals surface area contributed by atoms with Crippen molar-refractivity contribution in [3.63, 3.8) is 0 Å². The van der Waals surface area contributed by atoms with Crippen molar-refractivity contribution in [1.29, 1.82) is 0 Å². The van der Waals surface area contributed by atoms with Gasteiger partial charge in [0, 0.05) is 56.5 Å². The highest BCUT2D eigenvalue weighted by Gasteiger charge is 2.29. The lowest BCUT2D eigenvalue weighted by atomic mass is 9.90. The van der Waals surface area contributed by atoms with Gasteiger partial charge in [-0.2, -0.15) is 0 Å². The number of piperidine rings is 1. The van der Waals surface area contributed by atoms with Gasteiger partial charge in [0.2, 0.25) is 0 Å². The molecule has 1 aromatic heterocycles. The van der Waals surface area contributed by atoms with Gasteiger partial charge in [0.15, 0.2) is 10.7 Å². The Morgan fingerprint density at radius 3 is 2.32 bits per heavy atom. The first kappa shape index (κ1) is 25.0. The van der Waals surface area contributed by atoms with Gasteiger partial charge in [-0.05, 0) is 55.0 Å². The van der Waals surface area contributed by atoms with Gasteiger partial charge in [0.1, 0.15) is 5.75 Å². The Kier molecular flexibility index (Phi) is 7.84. The Hall–Kier alpha value is -3.66. The summed E-state index contributed by atoms with van der Waals surface area (Å²) in [6.45, 7) is 4.00. The van der Waals surface area contributed by atoms with E-state index in [-0.39, 0.29) is 17.6 Å². The van der Waals surface area contributed by atoms with Gasteiger partial charge in [0.25, 0.3) is 5.91 Å². The third-order valence-corrected chi connectivity index (χ3v) is 7.83. The quantitative estimate of drug-likeness (QED) is 0.529. The van der Waals surface area contributed by atoms with Crippen LogP contribution in [0.3, 0.4) is 0 Å². The summed E-state index contributed by atoms with van der Waals surface area (Å²) in [5.41, 5.74) is 2.68. The van der Waals surface area contributed by atoms with E-state index in [2.05, 4.69) is 44.1 Å². The molecule has 0 saturated carbocycles. The minimum atomic E-state index is -0.226. The molecule has 5 rings (SSSR count). The number of rotatable bonds is 6. The molecular weight excluding hydrogens is 488 g/mol. The number of carbonyl (C=O) groups is 2. The third-order valence-electron chi connectivity index (χ3n) is 7.18. The van der Waals surface area contributed by atoms with Crippen molar-refractivity contribution in [3.05, 3.63) is 65.9 Å². The number of hydrogen-bond acceptors (Lipinski definition) is 7. The molecular formula is C27H32N6O3S. The number of anilines is 2. The highest BCUT2D eigenvalue weighted by atomic mass is 32.1. The molecule has 3 amide bonds. The molecule has 0 unspecified atom stereocenters. The number of nitrogens with zero attached hydrogens (tertiary/aromatic N) is 5. The lowest BCUT2D eigenvalue weighted by molar-refractivity contribution is 0.0685. The Balaban J connectivity index is 1.12. The zero-order valence-corrected chi connectivity index (χ0v) is 21.8. The highest BCUT2D eigenvalue weighted by Crippen LogP contribution is 2.26. The van der Waals surface area contributed by atoms with Crippen LogP contribution in [0.25, 0.3) is 0 Å². The number of amides is 3. The Labute approximate surface area is 221 Å². The topological polar surface area (TPSA) is 90.9 Å². The molecule has 2 saturated heterocycles. The molecule has 37 heavy (non-hydrogen) atoms. The van der Waals surface area contributed by atoms with Crippen LogP contribution in [0.2, 0.25) is 0 Å². The average Bonchev–Trinajstić information content (AvgIpc) is 3.42. The molecule has 9 nitrogen and oxygen atoms in total. The van der Waals surface area contributed by atoms with Gasteiger partial charge < -0.3 is 19.4 Å². The summed E-state index contributed by atoms with van der Waals surface area (Å²) < 4.78 is 9.20. The number of carbonyl (C=O) groups excluding carboxylic acids is 2. The molecule has 10 heteroatoms. The van der Waals surface area contributed by atoms with Gasteiger partial charge >= 0.3 is 6.03 Å². The zero-order chi connectivity index (χ0) is 25.6. The number of piperazine rings is 1. The summed E-state index contributed by atoms with van der Waals surface area (Å²) in [5.74, 6) is 1.23. The number of ether oxygens (including phenoxy) is 1. The number of nitrogens with one attached hydrogen (secondary N) is 1. The number of benzene rings is 2. The lowest BCUT2D eigenvalue weighted by Gasteiger charge is -2.36. The van der Waals surface area contributed by atoms with Crippen LogP contribution in [-0.2, 0) is 6.42 Å². The molecule has 2 aliphatic rings. The summed E-state index contributed by atoms with van der Waals surface area (Å²) in [4.78, 5) is 32.0. The van der Waals surface area contributed by atoms with Crippen LogP contribution in [0.1, 0.15) is 28.9 Å². The van der Waals surface area contributed by atoms with Crippen LogP contribution < -0.4 is 15.0 Å². The standard InChI is InChI=1S/C27H32N6O3S/c1-36-23-9-7-22(8-10-23)31-15-17-33(18-16-31)27(35)28-25-24(29-30-37-25)26(34)32-13-11-21(12-14-32)19-20-5-3-2-4-6-20/h2-10,21H,11-19H2,1H3,(H,28,35). The minimum absolute atomic E-state index is 0.161. The molecule has 0 bridgehead atoms. The maximum Gasteiger partial charge on any atom is 0.322 e. The van der Waals surface area contributed by atoms with Crippen LogP contribution in [0.4, 0.5) is 15.5 Å². The third kappa shape index (κ3) is 6.02. The maximum atomic E-state index is 13.2. The molecule has 0 radical (unpaired) electrons. The van der Waals surface area contributed by atoms with E-state index in [1.807, 2.05) is 35.2 Å². The maximum absolute atomic E-state index is 13.2. The van der Waals surface area contributed by atoms with E-state index in [1.165, 1.54) is 5.56 Å². The first-order valence-electron chi connectivity index (χ1n) is 12.7. The second-order valence-corrected chi connectivity index (χ2v) is 10.2. The van der Waals surface area contributed by atoms with Gasteiger partial charge in [-0.15, -0.1) is 5.10 Å². The second-order valence-electron chi connectivity index (χ2n) is 9.48. The molecule has 0 spiro atoms. The highest BCUT2D eigenvalue weighted by molar-refractivity contribution is 7.10. The van der Waals surface area contributed by atoms with Gasteiger partial charge in [-0.3, -0.25) is 10.1 Å². The van der Waals surface area contributed by atoms with Crippen LogP contribution in [0, 0.1) is 5.92 Å². The summed E-state index contributed by atoms with van der Waals surface area (Å²) in [6.07, 6.45) is 2.95. The summed E-state index contributed by atoms with van der Waals surface area (Å²) in [6, 6.07) is 18.2. The summed E-state index contributed by atoms with van der Waals surface area (Å²) in [7, 11) is 1.65. The van der Waals surface area contributed by atoms with Crippen LogP contribution in [0.15, 0.2) is 54.6 Å². The van der Waals surface area contributed by atoms with Gasteiger partial charge in [0.05, 0.1) is 7.11 Å². The molecule has 3 aromatic rings. The number of hydrogen-bond donors (Lipinski definition) is 1. The van der Waals surface area contributed by atoms with Gasteiger partial charge in [-0.25, -0.2) is 4.79 Å². The average molecular weight is 521 g/mol. The van der Waals surface area contributed by atoms with Crippen molar-refractivity contribution in [2.24, 2.45) is 5.92 Å². The van der Waals surface area contributed by atoms with Crippen molar-refractivity contribution in [3.8, 4) is 5.75 Å². The number of likely N-dealkylation sites (tertiary alicyclic amines) is 1. The largest absolute Gasteiger partial charge is 0.497 e. The monoisotopic (exact) mass is 520 g/mol. The fraction of sp³-hybridized carbons (Fsp3) is 0.407. The van der Waals surface area contributed by atoms with E-state index in [0.29, 0.717) is 37.1 Å². The van der Waals surface area contributed by atoms with Crippen LogP contribution >= 0.6 is 11.5 Å². The van der Waals surface area contributed by atoms with Crippen molar-refractivity contribution >= 4 is 34.2 Å². The van der Waals surface area contributed by atoms with E-state index in [9.17, 15) is 9.59 Å². The van der Waals surface area contributed by atoms with Crippen LogP contribution in [-0.4, -0.2) is 77.7 Å². The normalized spacial score (nSPS) is 16.5. The second kappa shape index (κ2) is 11.6. The summed E-state index contributed by atoms with van der Waals surface area (Å²) >= 11 is 1.05. The molecule has 2 aromatic carbocycles. The van der Waals surface area contributed by atoms with Crippen molar-refractivity contribution in [2.45, 2.75) is 19.3 Å². The van der Waals surface area contributed by atoms with Gasteiger partial charge in [-0.1, -0.05) is 34.8 Å². The van der Waals surface area contributed by atoms with Crippen molar-refractivity contribution < 1.29 is 14.3 Å². The lowest BCUT2D eigenvalue weighted by Crippen LogP contribution is -2.50. The fourth-order valence-electron chi connectivity index (χ4n) is 4.99. The smallest absolute Gasteiger partial charge is 0.322 e. The molecule has 1 N–H and O–H groups in total. The van der Waals surface area contributed by atoms with E-state index in [1.54, 1.807) is 12.0 Å².